The van der Waals surface area contributed by atoms with Crippen LogP contribution < -0.4 is 10.0 Å². The van der Waals surface area contributed by atoms with Gasteiger partial charge in [0, 0.05) is 37.6 Å². The smallest absolute Gasteiger partial charge is 0.208 e. The molecule has 1 fully saturated rings. The van der Waals surface area contributed by atoms with Crippen molar-refractivity contribution in [3.63, 3.8) is 0 Å². The van der Waals surface area contributed by atoms with E-state index in [-0.39, 0.29) is 11.0 Å². The van der Waals surface area contributed by atoms with Gasteiger partial charge in [-0.1, -0.05) is 13.8 Å². The van der Waals surface area contributed by atoms with Gasteiger partial charge in [0.05, 0.1) is 6.26 Å². The summed E-state index contributed by atoms with van der Waals surface area (Å²) in [7, 11) is -1.38. The maximum atomic E-state index is 11.0. The summed E-state index contributed by atoms with van der Waals surface area (Å²) in [6, 6.07) is 0. The third-order valence-corrected chi connectivity index (χ3v) is 4.85. The molecule has 6 nitrogen and oxygen atoms in total. The lowest BCUT2D eigenvalue weighted by molar-refractivity contribution is -0.0666. The van der Waals surface area contributed by atoms with E-state index >= 15 is 0 Å². The molecule has 0 spiro atoms. The van der Waals surface area contributed by atoms with Gasteiger partial charge in [-0.05, 0) is 13.8 Å². The molecule has 0 amide bonds. The van der Waals surface area contributed by atoms with Gasteiger partial charge in [-0.2, -0.15) is 0 Å². The molecule has 0 atom stereocenters. The van der Waals surface area contributed by atoms with Crippen LogP contribution in [0.3, 0.4) is 0 Å². The van der Waals surface area contributed by atoms with Crippen molar-refractivity contribution >= 4 is 16.0 Å². The molecule has 7 heteroatoms. The van der Waals surface area contributed by atoms with Gasteiger partial charge >= 0.3 is 0 Å². The van der Waals surface area contributed by atoms with Gasteiger partial charge < -0.3 is 10.2 Å². The second-order valence-electron chi connectivity index (χ2n) is 6.17. The van der Waals surface area contributed by atoms with E-state index in [4.69, 9.17) is 0 Å². The van der Waals surface area contributed by atoms with Crippen molar-refractivity contribution in [3.05, 3.63) is 0 Å². The van der Waals surface area contributed by atoms with Crippen LogP contribution in [-0.4, -0.2) is 57.8 Å². The van der Waals surface area contributed by atoms with Gasteiger partial charge in [0.2, 0.25) is 10.0 Å². The lowest BCUT2D eigenvalue weighted by atomic mass is 9.65. The average molecular weight is 290 g/mol. The zero-order valence-corrected chi connectivity index (χ0v) is 13.6. The Labute approximate surface area is 116 Å². The molecule has 2 N–H and O–H groups in total. The fourth-order valence-electron chi connectivity index (χ4n) is 2.11. The SMILES string of the molecule is CN=C(NCCNS(C)(=O)=O)N1CC(C)(C)C1(C)C. The number of nitrogens with one attached hydrogen (secondary N) is 2. The molecule has 0 aromatic carbocycles. The highest BCUT2D eigenvalue weighted by atomic mass is 32.2. The average Bonchev–Trinajstić information content (AvgIpc) is 2.25. The summed E-state index contributed by atoms with van der Waals surface area (Å²) < 4.78 is 24.4. The van der Waals surface area contributed by atoms with Crippen molar-refractivity contribution in [2.24, 2.45) is 10.4 Å². The normalized spacial score (nSPS) is 22.0. The summed E-state index contributed by atoms with van der Waals surface area (Å²) in [4.78, 5) is 6.48. The van der Waals surface area contributed by atoms with Gasteiger partial charge in [-0.15, -0.1) is 0 Å². The van der Waals surface area contributed by atoms with Crippen molar-refractivity contribution in [3.8, 4) is 0 Å². The standard InChI is InChI=1S/C12H26N4O2S/c1-11(2)9-16(12(11,3)4)10(13-5)14-7-8-15-19(6,17)18/h15H,7-9H2,1-6H3,(H,13,14). The van der Waals surface area contributed by atoms with Crippen LogP contribution in [-0.2, 0) is 10.0 Å². The summed E-state index contributed by atoms with van der Waals surface area (Å²) in [5.74, 6) is 0.819. The molecule has 1 saturated heterocycles. The Hall–Kier alpha value is -0.820. The van der Waals surface area contributed by atoms with E-state index in [0.717, 1.165) is 18.8 Å². The monoisotopic (exact) mass is 290 g/mol. The molecule has 0 aliphatic carbocycles. The first-order valence-electron chi connectivity index (χ1n) is 6.44. The van der Waals surface area contributed by atoms with Crippen LogP contribution in [0.2, 0.25) is 0 Å². The van der Waals surface area contributed by atoms with Crippen molar-refractivity contribution in [2.75, 3.05) is 32.9 Å². The van der Waals surface area contributed by atoms with E-state index in [1.807, 2.05) is 0 Å². The zero-order chi connectivity index (χ0) is 14.9. The Bertz CT molecular complexity index is 454. The lowest BCUT2D eigenvalue weighted by Crippen LogP contribution is -2.72. The highest BCUT2D eigenvalue weighted by Crippen LogP contribution is 2.46. The van der Waals surface area contributed by atoms with E-state index in [1.165, 1.54) is 0 Å². The van der Waals surface area contributed by atoms with E-state index in [9.17, 15) is 8.42 Å². The predicted molar refractivity (Wildman–Crippen MR) is 78.8 cm³/mol. The molecule has 19 heavy (non-hydrogen) atoms. The molecular weight excluding hydrogens is 264 g/mol. The van der Waals surface area contributed by atoms with Crippen molar-refractivity contribution in [1.29, 1.82) is 0 Å². The van der Waals surface area contributed by atoms with Crippen LogP contribution in [0, 0.1) is 5.41 Å². The van der Waals surface area contributed by atoms with Crippen LogP contribution in [0.25, 0.3) is 0 Å². The van der Waals surface area contributed by atoms with Gasteiger partial charge in [-0.3, -0.25) is 4.99 Å². The first-order chi connectivity index (χ1) is 8.51. The van der Waals surface area contributed by atoms with Gasteiger partial charge in [-0.25, -0.2) is 13.1 Å². The second-order valence-corrected chi connectivity index (χ2v) is 8.00. The molecule has 1 aliphatic heterocycles. The molecule has 1 heterocycles. The van der Waals surface area contributed by atoms with Crippen LogP contribution in [0.5, 0.6) is 0 Å². The van der Waals surface area contributed by atoms with Crippen LogP contribution in [0.1, 0.15) is 27.7 Å². The number of hydrogen-bond acceptors (Lipinski definition) is 3. The van der Waals surface area contributed by atoms with Gasteiger partial charge in [0.25, 0.3) is 0 Å². The fourth-order valence-corrected chi connectivity index (χ4v) is 2.58. The Morgan fingerprint density at radius 2 is 1.84 bits per heavy atom. The van der Waals surface area contributed by atoms with Crippen LogP contribution in [0.4, 0.5) is 0 Å². The molecule has 0 unspecified atom stereocenters. The Balaban J connectivity index is 2.49. The second kappa shape index (κ2) is 5.28. The fraction of sp³-hybridized carbons (Fsp3) is 0.917. The number of nitrogens with zero attached hydrogens (tertiary/aromatic N) is 2. The van der Waals surface area contributed by atoms with E-state index in [0.29, 0.717) is 13.1 Å². The molecule has 0 aromatic heterocycles. The number of likely N-dealkylation sites (tertiary alicyclic amines) is 1. The minimum Gasteiger partial charge on any atom is -0.355 e. The quantitative estimate of drug-likeness (QED) is 0.442. The van der Waals surface area contributed by atoms with E-state index < -0.39 is 10.0 Å². The van der Waals surface area contributed by atoms with Crippen LogP contribution in [0.15, 0.2) is 4.99 Å². The number of sulfonamides is 1. The highest BCUT2D eigenvalue weighted by molar-refractivity contribution is 7.88. The molecule has 1 aliphatic rings. The van der Waals surface area contributed by atoms with Gasteiger partial charge in [0.15, 0.2) is 5.96 Å². The van der Waals surface area contributed by atoms with Crippen LogP contribution >= 0.6 is 0 Å². The number of aliphatic imine (C=N–C) groups is 1. The minimum absolute atomic E-state index is 0.0408. The summed E-state index contributed by atoms with van der Waals surface area (Å²) >= 11 is 0. The zero-order valence-electron chi connectivity index (χ0n) is 12.7. The minimum atomic E-state index is -3.13. The first-order valence-corrected chi connectivity index (χ1v) is 8.33. The number of rotatable bonds is 4. The topological polar surface area (TPSA) is 73.8 Å². The Morgan fingerprint density at radius 1 is 1.26 bits per heavy atom. The van der Waals surface area contributed by atoms with Crippen molar-refractivity contribution < 1.29 is 8.42 Å². The third-order valence-electron chi connectivity index (χ3n) is 4.12. The first kappa shape index (κ1) is 16.2. The molecule has 112 valence electrons. The number of guanidine groups is 1. The molecule has 1 rings (SSSR count). The van der Waals surface area contributed by atoms with E-state index in [2.05, 4.69) is 47.6 Å². The summed E-state index contributed by atoms with van der Waals surface area (Å²) in [5, 5.41) is 3.19. The Kier molecular flexibility index (Phi) is 4.51. The molecule has 0 bridgehead atoms. The lowest BCUT2D eigenvalue weighted by Gasteiger charge is -2.62. The van der Waals surface area contributed by atoms with Gasteiger partial charge in [0.1, 0.15) is 0 Å². The summed E-state index contributed by atoms with van der Waals surface area (Å²) in [6.07, 6.45) is 1.16. The summed E-state index contributed by atoms with van der Waals surface area (Å²) in [5.41, 5.74) is 0.286. The maximum absolute atomic E-state index is 11.0. The van der Waals surface area contributed by atoms with Crippen molar-refractivity contribution in [2.45, 2.75) is 33.2 Å². The summed E-state index contributed by atoms with van der Waals surface area (Å²) in [6.45, 7) is 10.7. The van der Waals surface area contributed by atoms with E-state index in [1.54, 1.807) is 7.05 Å². The highest BCUT2D eigenvalue weighted by Gasteiger charge is 2.53. The molecular formula is C12H26N4O2S. The number of hydrogen-bond donors (Lipinski definition) is 2. The Morgan fingerprint density at radius 3 is 2.21 bits per heavy atom. The molecule has 0 saturated carbocycles. The predicted octanol–water partition coefficient (Wildman–Crippen LogP) is 0.231. The molecule has 0 aromatic rings. The molecule has 0 radical (unpaired) electrons. The largest absolute Gasteiger partial charge is 0.355 e. The maximum Gasteiger partial charge on any atom is 0.208 e. The third kappa shape index (κ3) is 3.60. The van der Waals surface area contributed by atoms with Crippen molar-refractivity contribution in [1.82, 2.24) is 14.9 Å².